The first-order chi connectivity index (χ1) is 15.9. The zero-order valence-corrected chi connectivity index (χ0v) is 19.5. The first kappa shape index (κ1) is 23.8. The van der Waals surface area contributed by atoms with Crippen LogP contribution in [0.5, 0.6) is 11.5 Å². The van der Waals surface area contributed by atoms with E-state index in [-0.39, 0.29) is 30.3 Å². The molecule has 176 valence electrons. The van der Waals surface area contributed by atoms with Gasteiger partial charge in [-0.3, -0.25) is 18.7 Å². The SMILES string of the molecule is CCNC(=O)COc1ccc(C=Cc2nc3c(c(=O)n(CC)c(=O)n3CC)n2C)cc1OC. The van der Waals surface area contributed by atoms with Gasteiger partial charge in [-0.1, -0.05) is 12.1 Å². The van der Waals surface area contributed by atoms with E-state index in [2.05, 4.69) is 10.3 Å². The lowest BCUT2D eigenvalue weighted by Gasteiger charge is -2.11. The molecule has 0 aliphatic rings. The van der Waals surface area contributed by atoms with Gasteiger partial charge in [0.05, 0.1) is 7.11 Å². The van der Waals surface area contributed by atoms with Gasteiger partial charge in [-0.25, -0.2) is 9.78 Å². The van der Waals surface area contributed by atoms with Gasteiger partial charge >= 0.3 is 5.69 Å². The van der Waals surface area contributed by atoms with Gasteiger partial charge in [0.1, 0.15) is 5.82 Å². The summed E-state index contributed by atoms with van der Waals surface area (Å²) >= 11 is 0. The van der Waals surface area contributed by atoms with Crippen molar-refractivity contribution in [1.82, 2.24) is 24.0 Å². The predicted octanol–water partition coefficient (Wildman–Crippen LogP) is 1.63. The number of nitrogens with zero attached hydrogens (tertiary/aromatic N) is 4. The molecule has 0 atom stereocenters. The number of hydrogen-bond donors (Lipinski definition) is 1. The number of carbonyl (C=O) groups is 1. The van der Waals surface area contributed by atoms with Crippen molar-refractivity contribution in [3.63, 3.8) is 0 Å². The van der Waals surface area contributed by atoms with Crippen LogP contribution in [-0.4, -0.2) is 44.9 Å². The van der Waals surface area contributed by atoms with Crippen molar-refractivity contribution in [2.75, 3.05) is 20.3 Å². The Balaban J connectivity index is 1.95. The number of amides is 1. The molecule has 2 heterocycles. The van der Waals surface area contributed by atoms with Crippen LogP contribution < -0.4 is 26.0 Å². The van der Waals surface area contributed by atoms with Crippen LogP contribution in [0.3, 0.4) is 0 Å². The van der Waals surface area contributed by atoms with E-state index < -0.39 is 0 Å². The molecule has 10 heteroatoms. The quantitative estimate of drug-likeness (QED) is 0.525. The van der Waals surface area contributed by atoms with Gasteiger partial charge in [-0.05, 0) is 44.5 Å². The summed E-state index contributed by atoms with van der Waals surface area (Å²) in [5.74, 6) is 1.26. The molecule has 0 unspecified atom stereocenters. The Bertz CT molecular complexity index is 1320. The van der Waals surface area contributed by atoms with Crippen LogP contribution >= 0.6 is 0 Å². The van der Waals surface area contributed by atoms with Crippen LogP contribution in [0.15, 0.2) is 27.8 Å². The van der Waals surface area contributed by atoms with E-state index in [1.54, 1.807) is 36.7 Å². The van der Waals surface area contributed by atoms with Crippen molar-refractivity contribution in [2.24, 2.45) is 7.05 Å². The molecule has 0 radical (unpaired) electrons. The lowest BCUT2D eigenvalue weighted by Crippen LogP contribution is -2.39. The fourth-order valence-corrected chi connectivity index (χ4v) is 3.56. The average Bonchev–Trinajstić information content (AvgIpc) is 3.13. The van der Waals surface area contributed by atoms with Crippen LogP contribution in [0.1, 0.15) is 32.2 Å². The molecule has 0 saturated carbocycles. The van der Waals surface area contributed by atoms with Gasteiger partial charge < -0.3 is 19.4 Å². The molecule has 1 aromatic carbocycles. The number of aryl methyl sites for hydroxylation is 2. The van der Waals surface area contributed by atoms with Crippen LogP contribution in [0.2, 0.25) is 0 Å². The first-order valence-electron chi connectivity index (χ1n) is 10.8. The molecule has 0 fully saturated rings. The average molecular weight is 456 g/mol. The highest BCUT2D eigenvalue weighted by atomic mass is 16.5. The highest BCUT2D eigenvalue weighted by molar-refractivity contribution is 5.78. The van der Waals surface area contributed by atoms with Gasteiger partial charge in [0.15, 0.2) is 29.3 Å². The Morgan fingerprint density at radius 2 is 1.82 bits per heavy atom. The number of ether oxygens (including phenoxy) is 2. The number of imidazole rings is 1. The second kappa shape index (κ2) is 10.2. The van der Waals surface area contributed by atoms with Crippen molar-refractivity contribution < 1.29 is 14.3 Å². The van der Waals surface area contributed by atoms with Gasteiger partial charge in [-0.15, -0.1) is 0 Å². The van der Waals surface area contributed by atoms with Gasteiger partial charge in [0.25, 0.3) is 11.5 Å². The zero-order chi connectivity index (χ0) is 24.1. The van der Waals surface area contributed by atoms with Crippen LogP contribution in [0.25, 0.3) is 23.3 Å². The summed E-state index contributed by atoms with van der Waals surface area (Å²) in [4.78, 5) is 41.6. The summed E-state index contributed by atoms with van der Waals surface area (Å²) in [5.41, 5.74) is 0.838. The number of fused-ring (bicyclic) bond motifs is 1. The highest BCUT2D eigenvalue weighted by Gasteiger charge is 2.17. The van der Waals surface area contributed by atoms with E-state index in [0.29, 0.717) is 41.6 Å². The zero-order valence-electron chi connectivity index (χ0n) is 19.5. The number of benzene rings is 1. The standard InChI is InChI=1S/C23H29N5O5/c1-6-24-19(29)14-33-16-11-9-15(13-17(16)32-5)10-12-18-25-21-20(26(18)4)22(30)28(8-3)23(31)27(21)7-2/h9-13H,6-8,14H2,1-5H3,(H,24,29). The van der Waals surface area contributed by atoms with E-state index >= 15 is 0 Å². The number of hydrogen-bond acceptors (Lipinski definition) is 6. The van der Waals surface area contributed by atoms with E-state index in [0.717, 1.165) is 5.56 Å². The first-order valence-corrected chi connectivity index (χ1v) is 10.8. The second-order valence-corrected chi connectivity index (χ2v) is 7.26. The molecule has 0 spiro atoms. The van der Waals surface area contributed by atoms with Crippen molar-refractivity contribution in [3.05, 3.63) is 50.4 Å². The van der Waals surface area contributed by atoms with E-state index in [9.17, 15) is 14.4 Å². The Kier molecular flexibility index (Phi) is 7.37. The molecular weight excluding hydrogens is 426 g/mol. The third kappa shape index (κ3) is 4.69. The Hall–Kier alpha value is -3.82. The number of nitrogens with one attached hydrogen (secondary N) is 1. The minimum Gasteiger partial charge on any atom is -0.493 e. The monoisotopic (exact) mass is 455 g/mol. The highest BCUT2D eigenvalue weighted by Crippen LogP contribution is 2.29. The fraction of sp³-hybridized carbons (Fsp3) is 0.391. The van der Waals surface area contributed by atoms with Crippen molar-refractivity contribution in [1.29, 1.82) is 0 Å². The molecular formula is C23H29N5O5. The van der Waals surface area contributed by atoms with Crippen LogP contribution in [-0.2, 0) is 24.9 Å². The number of aromatic nitrogens is 4. The molecule has 2 aromatic heterocycles. The number of methoxy groups -OCH3 is 1. The number of rotatable bonds is 9. The number of likely N-dealkylation sites (N-methyl/N-ethyl adjacent to an activating group) is 1. The summed E-state index contributed by atoms with van der Waals surface area (Å²) in [5, 5.41) is 2.67. The van der Waals surface area contributed by atoms with Crippen LogP contribution in [0.4, 0.5) is 0 Å². The minimum absolute atomic E-state index is 0.104. The van der Waals surface area contributed by atoms with Crippen molar-refractivity contribution >= 4 is 29.2 Å². The largest absolute Gasteiger partial charge is 0.493 e. The Morgan fingerprint density at radius 3 is 2.45 bits per heavy atom. The maximum atomic E-state index is 12.8. The van der Waals surface area contributed by atoms with Gasteiger partial charge in [0.2, 0.25) is 0 Å². The summed E-state index contributed by atoms with van der Waals surface area (Å²) in [6, 6.07) is 5.32. The minimum atomic E-state index is -0.362. The molecule has 1 amide bonds. The molecule has 0 aliphatic heterocycles. The van der Waals surface area contributed by atoms with E-state index in [1.807, 2.05) is 26.0 Å². The second-order valence-electron chi connectivity index (χ2n) is 7.26. The van der Waals surface area contributed by atoms with Crippen molar-refractivity contribution in [2.45, 2.75) is 33.9 Å². The fourth-order valence-electron chi connectivity index (χ4n) is 3.56. The molecule has 0 bridgehead atoms. The topological polar surface area (TPSA) is 109 Å². The summed E-state index contributed by atoms with van der Waals surface area (Å²) in [6.07, 6.45) is 3.59. The molecule has 33 heavy (non-hydrogen) atoms. The molecule has 3 rings (SSSR count). The third-order valence-corrected chi connectivity index (χ3v) is 5.25. The smallest absolute Gasteiger partial charge is 0.332 e. The lowest BCUT2D eigenvalue weighted by atomic mass is 10.2. The maximum Gasteiger partial charge on any atom is 0.332 e. The normalized spacial score (nSPS) is 11.3. The number of carbonyl (C=O) groups excluding carboxylic acids is 1. The summed E-state index contributed by atoms with van der Waals surface area (Å²) in [6.45, 7) is 6.58. The van der Waals surface area contributed by atoms with Crippen molar-refractivity contribution in [3.8, 4) is 11.5 Å². The molecule has 0 aliphatic carbocycles. The molecule has 10 nitrogen and oxygen atoms in total. The lowest BCUT2D eigenvalue weighted by molar-refractivity contribution is -0.123. The molecule has 0 saturated heterocycles. The summed E-state index contributed by atoms with van der Waals surface area (Å²) < 4.78 is 15.3. The van der Waals surface area contributed by atoms with Gasteiger partial charge in [0, 0.05) is 26.7 Å². The summed E-state index contributed by atoms with van der Waals surface area (Å²) in [7, 11) is 3.27. The Morgan fingerprint density at radius 1 is 1.09 bits per heavy atom. The third-order valence-electron chi connectivity index (χ3n) is 5.25. The van der Waals surface area contributed by atoms with E-state index in [1.165, 1.54) is 16.2 Å². The Labute approximate surface area is 191 Å². The maximum absolute atomic E-state index is 12.8. The molecule has 3 aromatic rings. The van der Waals surface area contributed by atoms with Gasteiger partial charge in [-0.2, -0.15) is 0 Å². The van der Waals surface area contributed by atoms with E-state index in [4.69, 9.17) is 9.47 Å². The van der Waals surface area contributed by atoms with Crippen LogP contribution in [0, 0.1) is 0 Å². The predicted molar refractivity (Wildman–Crippen MR) is 127 cm³/mol. The molecule has 1 N–H and O–H groups in total.